The lowest BCUT2D eigenvalue weighted by Crippen LogP contribution is -2.26. The van der Waals surface area contributed by atoms with Crippen LogP contribution in [0.5, 0.6) is 5.75 Å². The average molecular weight is 431 g/mol. The lowest BCUT2D eigenvalue weighted by atomic mass is 10.0. The van der Waals surface area contributed by atoms with Gasteiger partial charge >= 0.3 is 0 Å². The van der Waals surface area contributed by atoms with Crippen LogP contribution >= 0.6 is 0 Å². The maximum atomic E-state index is 13.7. The summed E-state index contributed by atoms with van der Waals surface area (Å²) in [6, 6.07) is 5.57. The van der Waals surface area contributed by atoms with Crippen molar-refractivity contribution in [2.24, 2.45) is 7.05 Å². The molecule has 0 aliphatic rings. The summed E-state index contributed by atoms with van der Waals surface area (Å²) in [6.45, 7) is 13.5. The molecule has 0 N–H and O–H groups in total. The van der Waals surface area contributed by atoms with E-state index in [9.17, 15) is 13.6 Å². The van der Waals surface area contributed by atoms with Gasteiger partial charge in [0.25, 0.3) is 12.0 Å². The molecular weight excluding hydrogens is 398 g/mol. The van der Waals surface area contributed by atoms with Gasteiger partial charge in [-0.25, -0.2) is 8.78 Å². The van der Waals surface area contributed by atoms with E-state index in [1.807, 2.05) is 43.9 Å². The quantitative estimate of drug-likeness (QED) is 0.472. The lowest BCUT2D eigenvalue weighted by molar-refractivity contribution is 0.192. The minimum Gasteiger partial charge on any atom is -0.497 e. The van der Waals surface area contributed by atoms with E-state index in [0.29, 0.717) is 29.1 Å². The van der Waals surface area contributed by atoms with Crippen LogP contribution in [0, 0.1) is 6.92 Å². The Morgan fingerprint density at radius 2 is 1.90 bits per heavy atom. The van der Waals surface area contributed by atoms with Gasteiger partial charge in [-0.1, -0.05) is 19.1 Å². The van der Waals surface area contributed by atoms with E-state index in [4.69, 9.17) is 4.74 Å². The molecule has 0 radical (unpaired) electrons. The van der Waals surface area contributed by atoms with Crippen molar-refractivity contribution in [1.29, 1.82) is 0 Å². The topological polar surface area (TPSA) is 34.5 Å². The third kappa shape index (κ3) is 5.06. The first-order chi connectivity index (χ1) is 14.5. The van der Waals surface area contributed by atoms with Crippen LogP contribution in [-0.4, -0.2) is 24.6 Å². The second-order valence-corrected chi connectivity index (χ2v) is 7.99. The number of methoxy groups -OCH3 is 1. The molecule has 1 aromatic heterocycles. The Labute approximate surface area is 183 Å². The van der Waals surface area contributed by atoms with Crippen molar-refractivity contribution < 1.29 is 13.5 Å². The van der Waals surface area contributed by atoms with E-state index in [2.05, 4.69) is 6.58 Å². The number of pyridine rings is 1. The first-order valence-corrected chi connectivity index (χ1v) is 10.3. The molecule has 4 nitrogen and oxygen atoms in total. The number of alkyl halides is 2. The van der Waals surface area contributed by atoms with Crippen LogP contribution in [0.3, 0.4) is 0 Å². The molecule has 168 valence electrons. The molecule has 0 fully saturated rings. The van der Waals surface area contributed by atoms with Crippen molar-refractivity contribution >= 4 is 16.6 Å². The summed E-state index contributed by atoms with van der Waals surface area (Å²) in [7, 11) is 3.29. The van der Waals surface area contributed by atoms with Gasteiger partial charge < -0.3 is 14.2 Å². The number of aromatic nitrogens is 1. The molecule has 0 saturated carbocycles. The van der Waals surface area contributed by atoms with Gasteiger partial charge in [0.15, 0.2) is 0 Å². The molecular formula is C25H32F2N2O2. The highest BCUT2D eigenvalue weighted by Gasteiger charge is 2.20. The van der Waals surface area contributed by atoms with Crippen LogP contribution in [0.25, 0.3) is 10.9 Å². The SMILES string of the molecule is C=C(C)/C(=C\C(=C(C)C)N(CCC)c1cc(OC)cc2c1cc(C)c(=O)n2C)C(F)F. The van der Waals surface area contributed by atoms with Crippen molar-refractivity contribution in [2.45, 2.75) is 47.5 Å². The Morgan fingerprint density at radius 3 is 2.39 bits per heavy atom. The van der Waals surface area contributed by atoms with Gasteiger partial charge in [0.2, 0.25) is 0 Å². The minimum atomic E-state index is -2.62. The molecule has 0 spiro atoms. The fraction of sp³-hybridized carbons (Fsp3) is 0.400. The maximum Gasteiger partial charge on any atom is 0.264 e. The summed E-state index contributed by atoms with van der Waals surface area (Å²) < 4.78 is 34.5. The van der Waals surface area contributed by atoms with Gasteiger partial charge in [-0.15, -0.1) is 0 Å². The zero-order valence-electron chi connectivity index (χ0n) is 19.5. The summed E-state index contributed by atoms with van der Waals surface area (Å²) in [6.07, 6.45) is -0.302. The van der Waals surface area contributed by atoms with E-state index < -0.39 is 6.43 Å². The third-order valence-corrected chi connectivity index (χ3v) is 5.27. The minimum absolute atomic E-state index is 0.0849. The molecule has 31 heavy (non-hydrogen) atoms. The number of halogens is 2. The van der Waals surface area contributed by atoms with Crippen molar-refractivity contribution in [3.05, 3.63) is 69.2 Å². The van der Waals surface area contributed by atoms with Crippen LogP contribution < -0.4 is 15.2 Å². The number of rotatable bonds is 8. The van der Waals surface area contributed by atoms with Crippen LogP contribution in [0.1, 0.15) is 39.7 Å². The molecule has 2 aromatic rings. The van der Waals surface area contributed by atoms with Gasteiger partial charge in [0.05, 0.1) is 18.3 Å². The summed E-state index contributed by atoms with van der Waals surface area (Å²) in [5.41, 5.74) is 3.87. The van der Waals surface area contributed by atoms with E-state index in [1.165, 1.54) is 6.08 Å². The molecule has 2 rings (SSSR count). The summed E-state index contributed by atoms with van der Waals surface area (Å²) in [5.74, 6) is 0.591. The highest BCUT2D eigenvalue weighted by molar-refractivity contribution is 5.95. The second kappa shape index (κ2) is 9.94. The normalized spacial score (nSPS) is 11.7. The zero-order chi connectivity index (χ0) is 23.5. The Hall–Kier alpha value is -2.89. The van der Waals surface area contributed by atoms with Gasteiger partial charge in [0.1, 0.15) is 5.75 Å². The lowest BCUT2D eigenvalue weighted by Gasteiger charge is -2.30. The van der Waals surface area contributed by atoms with Crippen LogP contribution in [-0.2, 0) is 7.05 Å². The smallest absolute Gasteiger partial charge is 0.264 e. The predicted octanol–water partition coefficient (Wildman–Crippen LogP) is 6.13. The number of allylic oxidation sites excluding steroid dienone is 4. The predicted molar refractivity (Wildman–Crippen MR) is 125 cm³/mol. The van der Waals surface area contributed by atoms with Crippen molar-refractivity contribution in [2.75, 3.05) is 18.6 Å². The van der Waals surface area contributed by atoms with Crippen molar-refractivity contribution in [3.63, 3.8) is 0 Å². The van der Waals surface area contributed by atoms with E-state index in [-0.39, 0.29) is 11.1 Å². The third-order valence-electron chi connectivity index (χ3n) is 5.27. The molecule has 0 bridgehead atoms. The van der Waals surface area contributed by atoms with Crippen LogP contribution in [0.15, 0.2) is 58.1 Å². The number of ether oxygens (including phenoxy) is 1. The number of benzene rings is 1. The standard InChI is InChI=1S/C25H32F2N2O2/c1-9-10-29(21(16(4)5)14-19(15(2)3)24(26)27)23-13-18(31-8)12-22-20(23)11-17(6)25(30)28(22)7/h11-14,24H,2,9-10H2,1,3-8H3/b19-14+. The maximum absolute atomic E-state index is 13.7. The molecule has 0 aliphatic heterocycles. The largest absolute Gasteiger partial charge is 0.497 e. The molecule has 1 aromatic carbocycles. The fourth-order valence-electron chi connectivity index (χ4n) is 3.62. The average Bonchev–Trinajstić information content (AvgIpc) is 2.70. The molecule has 1 heterocycles. The Bertz CT molecular complexity index is 1110. The van der Waals surface area contributed by atoms with Crippen molar-refractivity contribution in [3.8, 4) is 5.75 Å². The molecule has 6 heteroatoms. The monoisotopic (exact) mass is 430 g/mol. The van der Waals surface area contributed by atoms with E-state index in [0.717, 1.165) is 28.6 Å². The van der Waals surface area contributed by atoms with Crippen molar-refractivity contribution in [1.82, 2.24) is 4.57 Å². The van der Waals surface area contributed by atoms with Gasteiger partial charge in [-0.2, -0.15) is 0 Å². The molecule has 0 saturated heterocycles. The number of hydrogen-bond donors (Lipinski definition) is 0. The first-order valence-electron chi connectivity index (χ1n) is 10.3. The highest BCUT2D eigenvalue weighted by atomic mass is 19.3. The fourth-order valence-corrected chi connectivity index (χ4v) is 3.62. The Kier molecular flexibility index (Phi) is 7.82. The molecule has 0 aliphatic carbocycles. The highest BCUT2D eigenvalue weighted by Crippen LogP contribution is 2.35. The molecule has 0 unspecified atom stereocenters. The number of aryl methyl sites for hydroxylation is 2. The number of fused-ring (bicyclic) bond motifs is 1. The number of anilines is 1. The van der Waals surface area contributed by atoms with E-state index in [1.54, 1.807) is 32.6 Å². The van der Waals surface area contributed by atoms with E-state index >= 15 is 0 Å². The summed E-state index contributed by atoms with van der Waals surface area (Å²) in [4.78, 5) is 14.5. The van der Waals surface area contributed by atoms with Crippen LogP contribution in [0.2, 0.25) is 0 Å². The molecule has 0 atom stereocenters. The summed E-state index contributed by atoms with van der Waals surface area (Å²) in [5, 5.41) is 0.856. The molecule has 0 amide bonds. The first kappa shape index (κ1) is 24.4. The van der Waals surface area contributed by atoms with Crippen LogP contribution in [0.4, 0.5) is 14.5 Å². The number of nitrogens with zero attached hydrogens (tertiary/aromatic N) is 2. The summed E-state index contributed by atoms with van der Waals surface area (Å²) >= 11 is 0. The van der Waals surface area contributed by atoms with Gasteiger partial charge in [-0.3, -0.25) is 4.79 Å². The van der Waals surface area contributed by atoms with Gasteiger partial charge in [-0.05, 0) is 51.8 Å². The Balaban J connectivity index is 2.93. The number of hydrogen-bond acceptors (Lipinski definition) is 3. The zero-order valence-corrected chi connectivity index (χ0v) is 19.5. The van der Waals surface area contributed by atoms with Gasteiger partial charge in [0, 0.05) is 47.9 Å². The Morgan fingerprint density at radius 1 is 1.26 bits per heavy atom. The second-order valence-electron chi connectivity index (χ2n) is 7.99.